The molecule has 1 aliphatic rings. The highest BCUT2D eigenvalue weighted by Crippen LogP contribution is 2.34. The van der Waals surface area contributed by atoms with E-state index in [9.17, 15) is 5.26 Å². The van der Waals surface area contributed by atoms with Crippen molar-refractivity contribution in [3.8, 4) is 6.07 Å². The summed E-state index contributed by atoms with van der Waals surface area (Å²) in [5, 5.41) is 10.7. The first-order valence-electron chi connectivity index (χ1n) is 6.72. The summed E-state index contributed by atoms with van der Waals surface area (Å²) in [6.45, 7) is 8.72. The van der Waals surface area contributed by atoms with Crippen molar-refractivity contribution in [1.29, 1.82) is 5.26 Å². The van der Waals surface area contributed by atoms with Crippen LogP contribution in [0.5, 0.6) is 0 Å². The molecular weight excluding hydrogens is 272 g/mol. The lowest BCUT2D eigenvalue weighted by atomic mass is 10.1. The second kappa shape index (κ2) is 6.58. The topological polar surface area (TPSA) is 27.0 Å². The second-order valence-electron chi connectivity index (χ2n) is 4.86. The number of benzene rings is 1. The monoisotopic (exact) mass is 292 g/mol. The van der Waals surface area contributed by atoms with Gasteiger partial charge in [0.05, 0.1) is 11.3 Å². The van der Waals surface area contributed by atoms with Crippen LogP contribution in [0, 0.1) is 11.3 Å². The second-order valence-corrected chi connectivity index (χ2v) is 8.04. The van der Waals surface area contributed by atoms with Gasteiger partial charge in [-0.05, 0) is 17.9 Å². The van der Waals surface area contributed by atoms with Gasteiger partial charge in [0.25, 0.3) is 0 Å². The largest absolute Gasteiger partial charge is 0.368 e. The molecule has 0 saturated carbocycles. The standard InChI is InChI=1S/C15H20N2S2/c1-4-18-15-7-5-6-14(13(15)8-16)17-9-11(2)19-12(3)10-17/h5-7,11-12H,4,9-10H2,1-3H3. The van der Waals surface area contributed by atoms with Gasteiger partial charge in [0.15, 0.2) is 0 Å². The van der Waals surface area contributed by atoms with Crippen molar-refractivity contribution in [3.63, 3.8) is 0 Å². The molecule has 1 aromatic carbocycles. The molecule has 0 bridgehead atoms. The van der Waals surface area contributed by atoms with Crippen molar-refractivity contribution in [2.45, 2.75) is 36.2 Å². The molecule has 2 atom stereocenters. The molecule has 0 amide bonds. The van der Waals surface area contributed by atoms with Gasteiger partial charge in [-0.15, -0.1) is 11.8 Å². The summed E-state index contributed by atoms with van der Waals surface area (Å²) in [5.74, 6) is 1.00. The van der Waals surface area contributed by atoms with E-state index in [1.54, 1.807) is 11.8 Å². The van der Waals surface area contributed by atoms with Crippen molar-refractivity contribution in [2.75, 3.05) is 23.7 Å². The Labute approximate surface area is 124 Å². The maximum atomic E-state index is 9.49. The zero-order valence-electron chi connectivity index (χ0n) is 11.7. The maximum Gasteiger partial charge on any atom is 0.103 e. The summed E-state index contributed by atoms with van der Waals surface area (Å²) in [7, 11) is 0. The average molecular weight is 292 g/mol. The number of hydrogen-bond acceptors (Lipinski definition) is 4. The summed E-state index contributed by atoms with van der Waals surface area (Å²) in [6, 6.07) is 8.63. The molecule has 2 rings (SSSR count). The Kier molecular flexibility index (Phi) is 5.06. The van der Waals surface area contributed by atoms with Gasteiger partial charge in [0.1, 0.15) is 6.07 Å². The van der Waals surface area contributed by atoms with Gasteiger partial charge in [-0.25, -0.2) is 0 Å². The highest BCUT2D eigenvalue weighted by molar-refractivity contribution is 8.00. The minimum absolute atomic E-state index is 0.623. The van der Waals surface area contributed by atoms with E-state index < -0.39 is 0 Å². The lowest BCUT2D eigenvalue weighted by Gasteiger charge is -2.36. The Morgan fingerprint density at radius 1 is 1.37 bits per heavy atom. The molecule has 19 heavy (non-hydrogen) atoms. The van der Waals surface area contributed by atoms with E-state index in [2.05, 4.69) is 49.9 Å². The fourth-order valence-corrected chi connectivity index (χ4v) is 4.65. The van der Waals surface area contributed by atoms with Crippen LogP contribution in [0.3, 0.4) is 0 Å². The van der Waals surface area contributed by atoms with Crippen molar-refractivity contribution in [1.82, 2.24) is 0 Å². The zero-order valence-corrected chi connectivity index (χ0v) is 13.4. The van der Waals surface area contributed by atoms with Gasteiger partial charge < -0.3 is 4.90 Å². The third-order valence-electron chi connectivity index (χ3n) is 3.18. The van der Waals surface area contributed by atoms with E-state index in [0.29, 0.717) is 10.5 Å². The lowest BCUT2D eigenvalue weighted by molar-refractivity contribution is 0.726. The molecule has 1 fully saturated rings. The summed E-state index contributed by atoms with van der Waals surface area (Å²) in [5.41, 5.74) is 1.96. The SMILES string of the molecule is CCSc1cccc(N2CC(C)SC(C)C2)c1C#N. The predicted octanol–water partition coefficient (Wildman–Crippen LogP) is 4.00. The Morgan fingerprint density at radius 2 is 2.05 bits per heavy atom. The first-order chi connectivity index (χ1) is 9.15. The zero-order chi connectivity index (χ0) is 13.8. The summed E-state index contributed by atoms with van der Waals surface area (Å²) < 4.78 is 0. The first kappa shape index (κ1) is 14.6. The summed E-state index contributed by atoms with van der Waals surface area (Å²) in [4.78, 5) is 3.49. The van der Waals surface area contributed by atoms with Gasteiger partial charge in [0, 0.05) is 28.5 Å². The first-order valence-corrected chi connectivity index (χ1v) is 8.64. The molecule has 1 heterocycles. The molecule has 1 aromatic rings. The smallest absolute Gasteiger partial charge is 0.103 e. The van der Waals surface area contributed by atoms with Gasteiger partial charge in [-0.2, -0.15) is 17.0 Å². The van der Waals surface area contributed by atoms with Crippen LogP contribution in [-0.2, 0) is 0 Å². The molecule has 0 radical (unpaired) electrons. The molecule has 102 valence electrons. The fraction of sp³-hybridized carbons (Fsp3) is 0.533. The summed E-state index contributed by atoms with van der Waals surface area (Å²) >= 11 is 3.79. The minimum Gasteiger partial charge on any atom is -0.368 e. The van der Waals surface area contributed by atoms with Gasteiger partial charge in [-0.3, -0.25) is 0 Å². The quantitative estimate of drug-likeness (QED) is 0.787. The van der Waals surface area contributed by atoms with Crippen LogP contribution < -0.4 is 4.90 Å². The Hall–Kier alpha value is -0.790. The molecule has 0 spiro atoms. The molecule has 2 nitrogen and oxygen atoms in total. The van der Waals surface area contributed by atoms with Crippen LogP contribution >= 0.6 is 23.5 Å². The number of rotatable bonds is 3. The molecule has 0 aliphatic carbocycles. The molecule has 0 N–H and O–H groups in total. The van der Waals surface area contributed by atoms with Crippen molar-refractivity contribution in [3.05, 3.63) is 23.8 Å². The Balaban J connectivity index is 2.33. The van der Waals surface area contributed by atoms with Crippen molar-refractivity contribution >= 4 is 29.2 Å². The number of thioether (sulfide) groups is 2. The normalized spacial score (nSPS) is 23.2. The number of nitriles is 1. The van der Waals surface area contributed by atoms with Crippen LogP contribution in [-0.4, -0.2) is 29.3 Å². The lowest BCUT2D eigenvalue weighted by Crippen LogP contribution is -2.40. The highest BCUT2D eigenvalue weighted by Gasteiger charge is 2.24. The van der Waals surface area contributed by atoms with E-state index in [1.807, 2.05) is 11.8 Å². The van der Waals surface area contributed by atoms with E-state index in [-0.39, 0.29) is 0 Å². The van der Waals surface area contributed by atoms with E-state index in [4.69, 9.17) is 0 Å². The van der Waals surface area contributed by atoms with E-state index >= 15 is 0 Å². The van der Waals surface area contributed by atoms with Gasteiger partial charge >= 0.3 is 0 Å². The summed E-state index contributed by atoms with van der Waals surface area (Å²) in [6.07, 6.45) is 0. The van der Waals surface area contributed by atoms with Crippen molar-refractivity contribution < 1.29 is 0 Å². The van der Waals surface area contributed by atoms with Crippen LogP contribution in [0.1, 0.15) is 26.3 Å². The predicted molar refractivity (Wildman–Crippen MR) is 86.3 cm³/mol. The molecule has 2 unspecified atom stereocenters. The van der Waals surface area contributed by atoms with Crippen LogP contribution in [0.25, 0.3) is 0 Å². The Bertz CT molecular complexity index is 472. The maximum absolute atomic E-state index is 9.49. The number of hydrogen-bond donors (Lipinski definition) is 0. The minimum atomic E-state index is 0.623. The average Bonchev–Trinajstić information content (AvgIpc) is 2.37. The van der Waals surface area contributed by atoms with Crippen LogP contribution in [0.2, 0.25) is 0 Å². The highest BCUT2D eigenvalue weighted by atomic mass is 32.2. The Morgan fingerprint density at radius 3 is 2.63 bits per heavy atom. The van der Waals surface area contributed by atoms with E-state index in [1.165, 1.54) is 0 Å². The van der Waals surface area contributed by atoms with Crippen LogP contribution in [0.15, 0.2) is 23.1 Å². The number of nitrogens with zero attached hydrogens (tertiary/aromatic N) is 2. The van der Waals surface area contributed by atoms with Crippen molar-refractivity contribution in [2.24, 2.45) is 0 Å². The van der Waals surface area contributed by atoms with E-state index in [0.717, 1.165) is 35.0 Å². The molecular formula is C15H20N2S2. The third kappa shape index (κ3) is 3.40. The fourth-order valence-electron chi connectivity index (χ4n) is 2.55. The van der Waals surface area contributed by atoms with Gasteiger partial charge in [0.2, 0.25) is 0 Å². The molecule has 1 aliphatic heterocycles. The molecule has 4 heteroatoms. The van der Waals surface area contributed by atoms with Crippen LogP contribution in [0.4, 0.5) is 5.69 Å². The number of anilines is 1. The molecule has 1 saturated heterocycles. The van der Waals surface area contributed by atoms with Gasteiger partial charge in [-0.1, -0.05) is 26.8 Å². The third-order valence-corrected chi connectivity index (χ3v) is 5.34. The molecule has 0 aromatic heterocycles.